The van der Waals surface area contributed by atoms with Crippen LogP contribution in [0, 0.1) is 0 Å². The lowest BCUT2D eigenvalue weighted by atomic mass is 10.2. The number of halogens is 1. The fourth-order valence-electron chi connectivity index (χ4n) is 1.62. The molecule has 1 aromatic rings. The zero-order valence-corrected chi connectivity index (χ0v) is 14.6. The van der Waals surface area contributed by atoms with Gasteiger partial charge in [-0.2, -0.15) is 0 Å². The molecule has 6 heteroatoms. The number of carbonyl (C=O) groups is 1. The number of amides is 1. The van der Waals surface area contributed by atoms with Crippen LogP contribution in [-0.4, -0.2) is 31.9 Å². The lowest BCUT2D eigenvalue weighted by Gasteiger charge is -2.12. The second-order valence-electron chi connectivity index (χ2n) is 4.51. The Morgan fingerprint density at radius 3 is 2.45 bits per heavy atom. The van der Waals surface area contributed by atoms with Gasteiger partial charge < -0.3 is 14.8 Å². The number of carbonyl (C=O) groups excluding carboxylic acids is 1. The van der Waals surface area contributed by atoms with Crippen molar-refractivity contribution in [1.82, 2.24) is 5.32 Å². The van der Waals surface area contributed by atoms with Crippen LogP contribution in [0.1, 0.15) is 19.4 Å². The lowest BCUT2D eigenvalue weighted by molar-refractivity contribution is -0.119. The molecule has 0 spiro atoms. The van der Waals surface area contributed by atoms with Gasteiger partial charge in [-0.1, -0.05) is 15.9 Å². The van der Waals surface area contributed by atoms with Crippen molar-refractivity contribution >= 4 is 33.6 Å². The van der Waals surface area contributed by atoms with Crippen molar-refractivity contribution < 1.29 is 14.3 Å². The maximum atomic E-state index is 11.6. The Kier molecular flexibility index (Phi) is 7.23. The number of ether oxygens (including phenoxy) is 2. The van der Waals surface area contributed by atoms with E-state index in [1.54, 1.807) is 26.0 Å². The molecule has 112 valence electrons. The van der Waals surface area contributed by atoms with Crippen LogP contribution in [0.25, 0.3) is 0 Å². The molecule has 1 amide bonds. The average Bonchev–Trinajstić information content (AvgIpc) is 2.39. The minimum Gasteiger partial charge on any atom is -0.493 e. The van der Waals surface area contributed by atoms with Gasteiger partial charge >= 0.3 is 0 Å². The van der Waals surface area contributed by atoms with Crippen molar-refractivity contribution in [3.63, 3.8) is 0 Å². The number of methoxy groups -OCH3 is 2. The maximum Gasteiger partial charge on any atom is 0.230 e. The van der Waals surface area contributed by atoms with E-state index in [0.717, 1.165) is 15.8 Å². The fourth-order valence-corrected chi connectivity index (χ4v) is 3.10. The summed E-state index contributed by atoms with van der Waals surface area (Å²) < 4.78 is 11.5. The molecule has 1 aromatic carbocycles. The van der Waals surface area contributed by atoms with Gasteiger partial charge in [0, 0.05) is 16.3 Å². The quantitative estimate of drug-likeness (QED) is 0.809. The van der Waals surface area contributed by atoms with Gasteiger partial charge in [-0.15, -0.1) is 11.8 Å². The Labute approximate surface area is 132 Å². The predicted molar refractivity (Wildman–Crippen MR) is 86.7 cm³/mol. The van der Waals surface area contributed by atoms with Crippen LogP contribution in [-0.2, 0) is 10.5 Å². The highest BCUT2D eigenvalue weighted by Crippen LogP contribution is 2.34. The highest BCUT2D eigenvalue weighted by Gasteiger charge is 2.10. The van der Waals surface area contributed by atoms with Crippen molar-refractivity contribution in [3.05, 3.63) is 22.2 Å². The molecule has 1 rings (SSSR count). The van der Waals surface area contributed by atoms with Crippen molar-refractivity contribution in [2.24, 2.45) is 0 Å². The predicted octanol–water partition coefficient (Wildman–Crippen LogP) is 3.22. The second-order valence-corrected chi connectivity index (χ2v) is 6.35. The highest BCUT2D eigenvalue weighted by molar-refractivity contribution is 9.10. The van der Waals surface area contributed by atoms with E-state index < -0.39 is 0 Å². The summed E-state index contributed by atoms with van der Waals surface area (Å²) in [7, 11) is 3.22. The minimum absolute atomic E-state index is 0.0570. The van der Waals surface area contributed by atoms with Gasteiger partial charge in [0.1, 0.15) is 0 Å². The summed E-state index contributed by atoms with van der Waals surface area (Å²) in [6.07, 6.45) is 0. The van der Waals surface area contributed by atoms with Crippen LogP contribution in [0.4, 0.5) is 0 Å². The van der Waals surface area contributed by atoms with Crippen LogP contribution in [0.3, 0.4) is 0 Å². The number of rotatable bonds is 7. The topological polar surface area (TPSA) is 47.6 Å². The molecule has 0 aliphatic rings. The van der Waals surface area contributed by atoms with Gasteiger partial charge in [-0.25, -0.2) is 0 Å². The number of hydrogen-bond donors (Lipinski definition) is 1. The first kappa shape index (κ1) is 17.2. The Bertz CT molecular complexity index is 466. The number of hydrogen-bond acceptors (Lipinski definition) is 4. The molecular formula is C14H20BrNO3S. The van der Waals surface area contributed by atoms with Gasteiger partial charge in [0.2, 0.25) is 5.91 Å². The van der Waals surface area contributed by atoms with Gasteiger partial charge in [-0.3, -0.25) is 4.79 Å². The van der Waals surface area contributed by atoms with E-state index in [4.69, 9.17) is 9.47 Å². The van der Waals surface area contributed by atoms with Gasteiger partial charge in [0.05, 0.1) is 20.0 Å². The molecule has 0 saturated heterocycles. The number of nitrogens with one attached hydrogen (secondary N) is 1. The fraction of sp³-hybridized carbons (Fsp3) is 0.500. The largest absolute Gasteiger partial charge is 0.493 e. The van der Waals surface area contributed by atoms with Crippen LogP contribution in [0.15, 0.2) is 16.6 Å². The first-order chi connectivity index (χ1) is 9.47. The average molecular weight is 362 g/mol. The number of benzene rings is 1. The van der Waals surface area contributed by atoms with Gasteiger partial charge in [0.15, 0.2) is 11.5 Å². The summed E-state index contributed by atoms with van der Waals surface area (Å²) >= 11 is 5.07. The molecule has 0 unspecified atom stereocenters. The van der Waals surface area contributed by atoms with E-state index in [1.807, 2.05) is 26.0 Å². The van der Waals surface area contributed by atoms with E-state index in [-0.39, 0.29) is 11.9 Å². The molecule has 0 atom stereocenters. The van der Waals surface area contributed by atoms with E-state index >= 15 is 0 Å². The van der Waals surface area contributed by atoms with Crippen LogP contribution < -0.4 is 14.8 Å². The molecule has 0 aromatic heterocycles. The third-order valence-electron chi connectivity index (χ3n) is 2.49. The molecule has 0 fully saturated rings. The number of thioether (sulfide) groups is 1. The minimum atomic E-state index is 0.0570. The Morgan fingerprint density at radius 2 is 1.90 bits per heavy atom. The smallest absolute Gasteiger partial charge is 0.230 e. The van der Waals surface area contributed by atoms with E-state index in [1.165, 1.54) is 0 Å². The summed E-state index contributed by atoms with van der Waals surface area (Å²) in [5.41, 5.74) is 1.07. The SMILES string of the molecule is COc1cc(Br)c(CSCC(=O)NC(C)C)cc1OC. The molecular weight excluding hydrogens is 342 g/mol. The van der Waals surface area contributed by atoms with Gasteiger partial charge in [-0.05, 0) is 31.5 Å². The Balaban J connectivity index is 2.62. The molecule has 0 saturated carbocycles. The molecule has 0 heterocycles. The molecule has 1 N–H and O–H groups in total. The van der Waals surface area contributed by atoms with E-state index in [9.17, 15) is 4.79 Å². The third-order valence-corrected chi connectivity index (χ3v) is 4.21. The molecule has 4 nitrogen and oxygen atoms in total. The van der Waals surface area contributed by atoms with Crippen molar-refractivity contribution in [2.75, 3.05) is 20.0 Å². The van der Waals surface area contributed by atoms with E-state index in [0.29, 0.717) is 17.3 Å². The Hall–Kier alpha value is -0.880. The first-order valence-corrected chi connectivity index (χ1v) is 8.20. The third kappa shape index (κ3) is 5.25. The van der Waals surface area contributed by atoms with Crippen LogP contribution in [0.2, 0.25) is 0 Å². The van der Waals surface area contributed by atoms with Crippen molar-refractivity contribution in [1.29, 1.82) is 0 Å². The van der Waals surface area contributed by atoms with Crippen molar-refractivity contribution in [2.45, 2.75) is 25.6 Å². The molecule has 20 heavy (non-hydrogen) atoms. The summed E-state index contributed by atoms with van der Waals surface area (Å²) in [4.78, 5) is 11.6. The van der Waals surface area contributed by atoms with Crippen molar-refractivity contribution in [3.8, 4) is 11.5 Å². The first-order valence-electron chi connectivity index (χ1n) is 6.25. The normalized spacial score (nSPS) is 10.5. The van der Waals surface area contributed by atoms with Gasteiger partial charge in [0.25, 0.3) is 0 Å². The van der Waals surface area contributed by atoms with Crippen LogP contribution in [0.5, 0.6) is 11.5 Å². The summed E-state index contributed by atoms with van der Waals surface area (Å²) in [6.45, 7) is 3.90. The standard InChI is InChI=1S/C14H20BrNO3S/c1-9(2)16-14(17)8-20-7-10-5-12(18-3)13(19-4)6-11(10)15/h5-6,9H,7-8H2,1-4H3,(H,16,17). The monoisotopic (exact) mass is 361 g/mol. The zero-order chi connectivity index (χ0) is 15.1. The highest BCUT2D eigenvalue weighted by atomic mass is 79.9. The van der Waals surface area contributed by atoms with E-state index in [2.05, 4.69) is 21.2 Å². The molecule has 0 aliphatic heterocycles. The summed E-state index contributed by atoms with van der Waals surface area (Å²) in [5, 5.41) is 2.87. The Morgan fingerprint density at radius 1 is 1.30 bits per heavy atom. The summed E-state index contributed by atoms with van der Waals surface area (Å²) in [5.74, 6) is 2.61. The molecule has 0 aliphatic carbocycles. The maximum absolute atomic E-state index is 11.6. The molecule has 0 bridgehead atoms. The zero-order valence-electron chi connectivity index (χ0n) is 12.2. The van der Waals surface area contributed by atoms with Crippen LogP contribution >= 0.6 is 27.7 Å². The lowest BCUT2D eigenvalue weighted by Crippen LogP contribution is -2.31. The second kappa shape index (κ2) is 8.42. The summed E-state index contributed by atoms with van der Waals surface area (Å²) in [6, 6.07) is 3.98. The molecule has 0 radical (unpaired) electrons.